The Morgan fingerprint density at radius 2 is 2.06 bits per heavy atom. The molecule has 84 valence electrons. The van der Waals surface area contributed by atoms with Gasteiger partial charge in [0.25, 0.3) is 0 Å². The number of aromatic nitrogens is 1. The molecule has 1 saturated carbocycles. The summed E-state index contributed by atoms with van der Waals surface area (Å²) in [4.78, 5) is 0. The van der Waals surface area contributed by atoms with Crippen molar-refractivity contribution in [3.05, 3.63) is 36.0 Å². The van der Waals surface area contributed by atoms with Crippen LogP contribution >= 0.6 is 0 Å². The molecular formula is C14H17NO. The first-order valence-corrected chi connectivity index (χ1v) is 5.88. The fourth-order valence-electron chi connectivity index (χ4n) is 2.54. The largest absolute Gasteiger partial charge is 0.396 e. The van der Waals surface area contributed by atoms with Crippen LogP contribution in [0.4, 0.5) is 0 Å². The Morgan fingerprint density at radius 1 is 1.31 bits per heavy atom. The summed E-state index contributed by atoms with van der Waals surface area (Å²) in [7, 11) is 2.09. The van der Waals surface area contributed by atoms with Crippen LogP contribution in [0.15, 0.2) is 30.5 Å². The van der Waals surface area contributed by atoms with Crippen molar-refractivity contribution in [2.75, 3.05) is 6.61 Å². The van der Waals surface area contributed by atoms with E-state index >= 15 is 0 Å². The van der Waals surface area contributed by atoms with Gasteiger partial charge in [0, 0.05) is 30.8 Å². The van der Waals surface area contributed by atoms with Gasteiger partial charge in [0.05, 0.1) is 0 Å². The molecule has 1 N–H and O–H groups in total. The Labute approximate surface area is 95.5 Å². The molecule has 1 aromatic heterocycles. The first-order valence-electron chi connectivity index (χ1n) is 5.88. The van der Waals surface area contributed by atoms with Gasteiger partial charge in [0.1, 0.15) is 0 Å². The molecule has 3 rings (SSSR count). The van der Waals surface area contributed by atoms with Gasteiger partial charge in [0.15, 0.2) is 0 Å². The van der Waals surface area contributed by atoms with Crippen LogP contribution in [-0.2, 0) is 13.5 Å². The normalized spacial score (nSPS) is 17.9. The van der Waals surface area contributed by atoms with E-state index in [1.54, 1.807) is 0 Å². The number of hydrogen-bond acceptors (Lipinski definition) is 1. The van der Waals surface area contributed by atoms with Gasteiger partial charge in [-0.05, 0) is 36.3 Å². The van der Waals surface area contributed by atoms with E-state index in [0.717, 1.165) is 6.42 Å². The Balaban J connectivity index is 2.04. The Bertz CT molecular complexity index is 523. The minimum absolute atomic E-state index is 0.199. The molecule has 2 nitrogen and oxygen atoms in total. The number of hydrogen-bond donors (Lipinski definition) is 1. The van der Waals surface area contributed by atoms with Crippen LogP contribution in [0.5, 0.6) is 0 Å². The van der Waals surface area contributed by atoms with E-state index in [9.17, 15) is 5.11 Å². The Hall–Kier alpha value is -1.28. The third-order valence-corrected chi connectivity index (χ3v) is 3.84. The quantitative estimate of drug-likeness (QED) is 0.836. The van der Waals surface area contributed by atoms with Crippen LogP contribution in [0.3, 0.4) is 0 Å². The number of benzene rings is 1. The molecule has 1 aromatic carbocycles. The van der Waals surface area contributed by atoms with Crippen molar-refractivity contribution in [1.29, 1.82) is 0 Å². The molecule has 1 aliphatic carbocycles. The van der Waals surface area contributed by atoms with Gasteiger partial charge >= 0.3 is 0 Å². The van der Waals surface area contributed by atoms with E-state index < -0.39 is 0 Å². The van der Waals surface area contributed by atoms with Crippen molar-refractivity contribution < 1.29 is 5.11 Å². The van der Waals surface area contributed by atoms with E-state index in [-0.39, 0.29) is 5.41 Å². The first kappa shape index (κ1) is 9.91. The predicted octanol–water partition coefficient (Wildman–Crippen LogP) is 2.49. The molecule has 2 heteroatoms. The Kier molecular flexibility index (Phi) is 2.08. The third kappa shape index (κ3) is 1.45. The zero-order chi connectivity index (χ0) is 11.2. The summed E-state index contributed by atoms with van der Waals surface area (Å²) in [6.07, 6.45) is 5.57. The lowest BCUT2D eigenvalue weighted by atomic mass is 9.97. The van der Waals surface area contributed by atoms with Gasteiger partial charge in [-0.25, -0.2) is 0 Å². The summed E-state index contributed by atoms with van der Waals surface area (Å²) in [5, 5.41) is 10.7. The van der Waals surface area contributed by atoms with Gasteiger partial charge in [0.2, 0.25) is 0 Å². The predicted molar refractivity (Wildman–Crippen MR) is 65.4 cm³/mol. The Morgan fingerprint density at radius 3 is 2.75 bits per heavy atom. The van der Waals surface area contributed by atoms with E-state index in [0.29, 0.717) is 6.61 Å². The standard InChI is InChI=1S/C14H17NO/c1-15-9-11(8-14(10-16)6-7-14)12-4-2-3-5-13(12)15/h2-5,9,16H,6-8,10H2,1H3. The molecule has 0 radical (unpaired) electrons. The molecule has 1 fully saturated rings. The second-order valence-corrected chi connectivity index (χ2v) is 5.12. The maximum atomic E-state index is 9.39. The molecule has 0 saturated heterocycles. The van der Waals surface area contributed by atoms with Crippen LogP contribution in [0.2, 0.25) is 0 Å². The molecule has 0 bridgehead atoms. The number of para-hydroxylation sites is 1. The third-order valence-electron chi connectivity index (χ3n) is 3.84. The maximum Gasteiger partial charge on any atom is 0.0490 e. The molecule has 2 aromatic rings. The fourth-order valence-corrected chi connectivity index (χ4v) is 2.54. The molecular weight excluding hydrogens is 198 g/mol. The number of aliphatic hydroxyl groups excluding tert-OH is 1. The minimum atomic E-state index is 0.199. The van der Waals surface area contributed by atoms with Crippen molar-refractivity contribution >= 4 is 10.9 Å². The molecule has 1 heterocycles. The second kappa shape index (κ2) is 3.36. The topological polar surface area (TPSA) is 25.2 Å². The highest BCUT2D eigenvalue weighted by molar-refractivity contribution is 5.84. The summed E-state index contributed by atoms with van der Waals surface area (Å²) in [5.41, 5.74) is 2.86. The number of rotatable bonds is 3. The molecule has 16 heavy (non-hydrogen) atoms. The van der Waals surface area contributed by atoms with Crippen molar-refractivity contribution in [3.63, 3.8) is 0 Å². The lowest BCUT2D eigenvalue weighted by Crippen LogP contribution is -2.09. The number of aryl methyl sites for hydroxylation is 1. The van der Waals surface area contributed by atoms with Gasteiger partial charge < -0.3 is 9.67 Å². The van der Waals surface area contributed by atoms with Crippen LogP contribution in [0, 0.1) is 5.41 Å². The number of nitrogens with zero attached hydrogens (tertiary/aromatic N) is 1. The van der Waals surface area contributed by atoms with Crippen molar-refractivity contribution in [3.8, 4) is 0 Å². The second-order valence-electron chi connectivity index (χ2n) is 5.12. The zero-order valence-corrected chi connectivity index (χ0v) is 9.61. The number of aliphatic hydroxyl groups is 1. The average Bonchev–Trinajstić information content (AvgIpc) is 3.02. The summed E-state index contributed by atoms with van der Waals surface area (Å²) in [6.45, 7) is 0.330. The molecule has 0 unspecified atom stereocenters. The maximum absolute atomic E-state index is 9.39. The van der Waals surface area contributed by atoms with Crippen LogP contribution in [0.25, 0.3) is 10.9 Å². The summed E-state index contributed by atoms with van der Waals surface area (Å²) < 4.78 is 2.18. The van der Waals surface area contributed by atoms with Crippen molar-refractivity contribution in [2.45, 2.75) is 19.3 Å². The SMILES string of the molecule is Cn1cc(CC2(CO)CC2)c2ccccc21. The van der Waals surface area contributed by atoms with Crippen LogP contribution < -0.4 is 0 Å². The molecule has 0 amide bonds. The van der Waals surface area contributed by atoms with Crippen molar-refractivity contribution in [1.82, 2.24) is 4.57 Å². The molecule has 0 spiro atoms. The lowest BCUT2D eigenvalue weighted by molar-refractivity contribution is 0.211. The van der Waals surface area contributed by atoms with E-state index in [2.05, 4.69) is 42.1 Å². The molecule has 0 aliphatic heterocycles. The monoisotopic (exact) mass is 215 g/mol. The smallest absolute Gasteiger partial charge is 0.0490 e. The molecule has 0 atom stereocenters. The lowest BCUT2D eigenvalue weighted by Gasteiger charge is -2.09. The van der Waals surface area contributed by atoms with Gasteiger partial charge in [-0.1, -0.05) is 18.2 Å². The first-order chi connectivity index (χ1) is 7.74. The summed E-state index contributed by atoms with van der Waals surface area (Å²) in [5.74, 6) is 0. The van der Waals surface area contributed by atoms with Gasteiger partial charge in [-0.3, -0.25) is 0 Å². The van der Waals surface area contributed by atoms with E-state index in [1.165, 1.54) is 29.3 Å². The van der Waals surface area contributed by atoms with Gasteiger partial charge in [-0.2, -0.15) is 0 Å². The average molecular weight is 215 g/mol. The minimum Gasteiger partial charge on any atom is -0.396 e. The number of fused-ring (bicyclic) bond motifs is 1. The van der Waals surface area contributed by atoms with Crippen LogP contribution in [0.1, 0.15) is 18.4 Å². The van der Waals surface area contributed by atoms with Gasteiger partial charge in [-0.15, -0.1) is 0 Å². The highest BCUT2D eigenvalue weighted by Crippen LogP contribution is 2.48. The highest BCUT2D eigenvalue weighted by atomic mass is 16.3. The van der Waals surface area contributed by atoms with E-state index in [4.69, 9.17) is 0 Å². The van der Waals surface area contributed by atoms with E-state index in [1.807, 2.05) is 0 Å². The van der Waals surface area contributed by atoms with Crippen molar-refractivity contribution in [2.24, 2.45) is 12.5 Å². The fraction of sp³-hybridized carbons (Fsp3) is 0.429. The summed E-state index contributed by atoms with van der Waals surface area (Å²) in [6, 6.07) is 8.49. The van der Waals surface area contributed by atoms with Crippen LogP contribution in [-0.4, -0.2) is 16.3 Å². The zero-order valence-electron chi connectivity index (χ0n) is 9.61. The summed E-state index contributed by atoms with van der Waals surface area (Å²) >= 11 is 0. The highest BCUT2D eigenvalue weighted by Gasteiger charge is 2.42. The molecule has 1 aliphatic rings.